The summed E-state index contributed by atoms with van der Waals surface area (Å²) in [7, 11) is 3.04. The van der Waals surface area contributed by atoms with Gasteiger partial charge in [-0.25, -0.2) is 0 Å². The third-order valence-corrected chi connectivity index (χ3v) is 3.59. The van der Waals surface area contributed by atoms with E-state index in [2.05, 4.69) is 20.7 Å². The maximum atomic E-state index is 12.2. The third kappa shape index (κ3) is 4.24. The Hall–Kier alpha value is -1.56. The molecule has 0 bridgehead atoms. The second-order valence-corrected chi connectivity index (χ2v) is 4.91. The number of ether oxygens (including phenoxy) is 1. The van der Waals surface area contributed by atoms with E-state index in [4.69, 9.17) is 5.73 Å². The van der Waals surface area contributed by atoms with Crippen molar-refractivity contribution in [2.24, 2.45) is 0 Å². The van der Waals surface area contributed by atoms with Crippen LogP contribution in [0.5, 0.6) is 0 Å². The number of benzene rings is 1. The summed E-state index contributed by atoms with van der Waals surface area (Å²) in [4.78, 5) is 24.7. The number of nitrogens with two attached hydrogens (primary N) is 1. The van der Waals surface area contributed by atoms with E-state index in [0.29, 0.717) is 35.1 Å². The number of esters is 1. The minimum absolute atomic E-state index is 0.135. The Kier molecular flexibility index (Phi) is 5.82. The number of carbonyl (C=O) groups excluding carboxylic acids is 2. The van der Waals surface area contributed by atoms with Crippen molar-refractivity contribution in [1.29, 1.82) is 0 Å². The first-order chi connectivity index (χ1) is 8.97. The molecule has 1 amide bonds. The average molecular weight is 329 g/mol. The molecule has 1 aromatic carbocycles. The minimum Gasteiger partial charge on any atom is -0.469 e. The second-order valence-electron chi connectivity index (χ2n) is 4.12. The van der Waals surface area contributed by atoms with Gasteiger partial charge in [0.2, 0.25) is 0 Å². The Balaban J connectivity index is 2.62. The van der Waals surface area contributed by atoms with Crippen LogP contribution in [0, 0.1) is 0 Å². The standard InChI is InChI=1S/C13H17BrN2O3/c1-16(8-4-7-11(17)19-2)13(18)9-5-3-6-10(15)12(9)14/h3,5-6H,4,7-8,15H2,1-2H3. The van der Waals surface area contributed by atoms with Gasteiger partial charge in [-0.1, -0.05) is 6.07 Å². The van der Waals surface area contributed by atoms with E-state index >= 15 is 0 Å². The Bertz CT molecular complexity index is 477. The van der Waals surface area contributed by atoms with Crippen molar-refractivity contribution in [3.05, 3.63) is 28.2 Å². The van der Waals surface area contributed by atoms with Crippen molar-refractivity contribution in [2.75, 3.05) is 26.4 Å². The number of nitrogens with zero attached hydrogens (tertiary/aromatic N) is 1. The van der Waals surface area contributed by atoms with Gasteiger partial charge in [0, 0.05) is 25.7 Å². The molecule has 0 saturated heterocycles. The summed E-state index contributed by atoms with van der Waals surface area (Å²) >= 11 is 3.31. The first kappa shape index (κ1) is 15.5. The van der Waals surface area contributed by atoms with Gasteiger partial charge in [-0.2, -0.15) is 0 Å². The molecule has 0 unspecified atom stereocenters. The summed E-state index contributed by atoms with van der Waals surface area (Å²) in [5.41, 5.74) is 6.77. The Morgan fingerprint density at radius 1 is 1.42 bits per heavy atom. The van der Waals surface area contributed by atoms with Crippen LogP contribution in [-0.2, 0) is 9.53 Å². The molecule has 0 atom stereocenters. The second kappa shape index (κ2) is 7.13. The number of amides is 1. The Morgan fingerprint density at radius 3 is 2.74 bits per heavy atom. The van der Waals surface area contributed by atoms with E-state index in [0.717, 1.165) is 0 Å². The first-order valence-corrected chi connectivity index (χ1v) is 6.63. The number of halogens is 1. The summed E-state index contributed by atoms with van der Waals surface area (Å²) in [5, 5.41) is 0. The fourth-order valence-electron chi connectivity index (χ4n) is 1.58. The van der Waals surface area contributed by atoms with Gasteiger partial charge in [-0.15, -0.1) is 0 Å². The molecule has 0 heterocycles. The van der Waals surface area contributed by atoms with Crippen LogP contribution < -0.4 is 5.73 Å². The highest BCUT2D eigenvalue weighted by molar-refractivity contribution is 9.10. The molecule has 0 fully saturated rings. The van der Waals surface area contributed by atoms with Gasteiger partial charge in [0.1, 0.15) is 0 Å². The van der Waals surface area contributed by atoms with Crippen LogP contribution in [0.2, 0.25) is 0 Å². The lowest BCUT2D eigenvalue weighted by Gasteiger charge is -2.18. The van der Waals surface area contributed by atoms with E-state index < -0.39 is 0 Å². The number of rotatable bonds is 5. The number of hydrogen-bond acceptors (Lipinski definition) is 4. The molecule has 0 saturated carbocycles. The predicted octanol–water partition coefficient (Wildman–Crippen LogP) is 2.06. The van der Waals surface area contributed by atoms with E-state index in [-0.39, 0.29) is 11.9 Å². The fraction of sp³-hybridized carbons (Fsp3) is 0.385. The molecule has 0 aliphatic rings. The number of carbonyl (C=O) groups is 2. The maximum Gasteiger partial charge on any atom is 0.305 e. The van der Waals surface area contributed by atoms with Crippen molar-refractivity contribution in [2.45, 2.75) is 12.8 Å². The third-order valence-electron chi connectivity index (χ3n) is 2.71. The molecule has 0 aliphatic carbocycles. The van der Waals surface area contributed by atoms with E-state index in [1.54, 1.807) is 30.1 Å². The van der Waals surface area contributed by atoms with E-state index in [9.17, 15) is 9.59 Å². The normalized spacial score (nSPS) is 10.1. The molecule has 104 valence electrons. The molecule has 19 heavy (non-hydrogen) atoms. The smallest absolute Gasteiger partial charge is 0.305 e. The molecule has 1 aromatic rings. The molecule has 0 aliphatic heterocycles. The van der Waals surface area contributed by atoms with Gasteiger partial charge >= 0.3 is 5.97 Å². The monoisotopic (exact) mass is 328 g/mol. The summed E-state index contributed by atoms with van der Waals surface area (Å²) in [6.45, 7) is 0.481. The number of hydrogen-bond donors (Lipinski definition) is 1. The topological polar surface area (TPSA) is 72.6 Å². The number of nitrogen functional groups attached to an aromatic ring is 1. The average Bonchev–Trinajstić information content (AvgIpc) is 2.40. The minimum atomic E-state index is -0.272. The van der Waals surface area contributed by atoms with Gasteiger partial charge < -0.3 is 15.4 Å². The van der Waals surface area contributed by atoms with Crippen LogP contribution in [0.25, 0.3) is 0 Å². The van der Waals surface area contributed by atoms with Gasteiger partial charge in [0.05, 0.1) is 17.1 Å². The lowest BCUT2D eigenvalue weighted by atomic mass is 10.1. The zero-order valence-corrected chi connectivity index (χ0v) is 12.6. The highest BCUT2D eigenvalue weighted by Crippen LogP contribution is 2.24. The molecular weight excluding hydrogens is 312 g/mol. The van der Waals surface area contributed by atoms with Crippen LogP contribution in [0.1, 0.15) is 23.2 Å². The van der Waals surface area contributed by atoms with Crippen molar-refractivity contribution in [1.82, 2.24) is 4.90 Å². The van der Waals surface area contributed by atoms with Crippen molar-refractivity contribution in [3.63, 3.8) is 0 Å². The lowest BCUT2D eigenvalue weighted by Crippen LogP contribution is -2.28. The number of methoxy groups -OCH3 is 1. The first-order valence-electron chi connectivity index (χ1n) is 5.83. The Morgan fingerprint density at radius 2 is 2.11 bits per heavy atom. The molecule has 1 rings (SSSR count). The molecule has 0 radical (unpaired) electrons. The summed E-state index contributed by atoms with van der Waals surface area (Å²) in [6.07, 6.45) is 0.862. The summed E-state index contributed by atoms with van der Waals surface area (Å²) in [6, 6.07) is 5.16. The van der Waals surface area contributed by atoms with Crippen molar-refractivity contribution >= 4 is 33.5 Å². The molecule has 5 nitrogen and oxygen atoms in total. The van der Waals surface area contributed by atoms with Crippen molar-refractivity contribution in [3.8, 4) is 0 Å². The van der Waals surface area contributed by atoms with Gasteiger partial charge in [-0.3, -0.25) is 9.59 Å². The van der Waals surface area contributed by atoms with Gasteiger partial charge in [0.15, 0.2) is 0 Å². The molecule has 6 heteroatoms. The molecule has 0 aromatic heterocycles. The van der Waals surface area contributed by atoms with Crippen LogP contribution in [-0.4, -0.2) is 37.5 Å². The fourth-order valence-corrected chi connectivity index (χ4v) is 2.02. The van der Waals surface area contributed by atoms with Crippen molar-refractivity contribution < 1.29 is 14.3 Å². The highest BCUT2D eigenvalue weighted by Gasteiger charge is 2.16. The maximum absolute atomic E-state index is 12.2. The molecular formula is C13H17BrN2O3. The SMILES string of the molecule is COC(=O)CCCN(C)C(=O)c1cccc(N)c1Br. The summed E-state index contributed by atoms with van der Waals surface area (Å²) in [5.74, 6) is -0.407. The Labute approximate surface area is 120 Å². The zero-order valence-electron chi connectivity index (χ0n) is 11.0. The largest absolute Gasteiger partial charge is 0.469 e. The van der Waals surface area contributed by atoms with E-state index in [1.165, 1.54) is 7.11 Å². The number of anilines is 1. The molecule has 0 spiro atoms. The highest BCUT2D eigenvalue weighted by atomic mass is 79.9. The van der Waals surface area contributed by atoms with Crippen LogP contribution in [0.4, 0.5) is 5.69 Å². The van der Waals surface area contributed by atoms with Crippen LogP contribution >= 0.6 is 15.9 Å². The quantitative estimate of drug-likeness (QED) is 0.663. The molecule has 2 N–H and O–H groups in total. The summed E-state index contributed by atoms with van der Waals surface area (Å²) < 4.78 is 5.14. The zero-order chi connectivity index (χ0) is 14.4. The lowest BCUT2D eigenvalue weighted by molar-refractivity contribution is -0.140. The van der Waals surface area contributed by atoms with Crippen LogP contribution in [0.3, 0.4) is 0 Å². The van der Waals surface area contributed by atoms with Gasteiger partial charge in [0.25, 0.3) is 5.91 Å². The predicted molar refractivity (Wildman–Crippen MR) is 76.8 cm³/mol. The van der Waals surface area contributed by atoms with Gasteiger partial charge in [-0.05, 0) is 34.5 Å². The van der Waals surface area contributed by atoms with Crippen LogP contribution in [0.15, 0.2) is 22.7 Å². The van der Waals surface area contributed by atoms with E-state index in [1.807, 2.05) is 0 Å².